The summed E-state index contributed by atoms with van der Waals surface area (Å²) in [7, 11) is 0. The summed E-state index contributed by atoms with van der Waals surface area (Å²) in [5, 5.41) is 6.30. The van der Waals surface area contributed by atoms with Crippen LogP contribution in [0.15, 0.2) is 84.0 Å². The monoisotopic (exact) mass is 449 g/mol. The molecular formula is C28H23N3O3. The van der Waals surface area contributed by atoms with Gasteiger partial charge in [-0.1, -0.05) is 78.9 Å². The fraction of sp³-hybridized carbons (Fsp3) is 0.214. The number of Topliss-reactive ketones (excluding diaryl/α,β-unsaturated/α-hetero) is 1. The average Bonchev–Trinajstić information content (AvgIpc) is 3.36. The van der Waals surface area contributed by atoms with Crippen molar-refractivity contribution in [3.63, 3.8) is 0 Å². The minimum absolute atomic E-state index is 0.187. The van der Waals surface area contributed by atoms with Gasteiger partial charge < -0.3 is 0 Å². The molecule has 6 rings (SSSR count). The molecule has 2 fully saturated rings. The van der Waals surface area contributed by atoms with Crippen LogP contribution in [0.1, 0.15) is 34.5 Å². The molecule has 2 saturated heterocycles. The number of rotatable bonds is 4. The lowest BCUT2D eigenvalue weighted by atomic mass is 9.83. The van der Waals surface area contributed by atoms with Crippen LogP contribution >= 0.6 is 0 Å². The van der Waals surface area contributed by atoms with E-state index in [2.05, 4.69) is 5.10 Å². The van der Waals surface area contributed by atoms with Gasteiger partial charge in [-0.25, -0.2) is 0 Å². The summed E-state index contributed by atoms with van der Waals surface area (Å²) < 4.78 is 0. The number of fused-ring (bicyclic) bond motifs is 5. The van der Waals surface area contributed by atoms with Crippen LogP contribution in [0.4, 0.5) is 0 Å². The number of nitrogens with zero attached hydrogens (tertiary/aromatic N) is 3. The molecule has 0 unspecified atom stereocenters. The van der Waals surface area contributed by atoms with E-state index >= 15 is 0 Å². The first kappa shape index (κ1) is 20.5. The van der Waals surface area contributed by atoms with Crippen LogP contribution in [0.2, 0.25) is 0 Å². The summed E-state index contributed by atoms with van der Waals surface area (Å²) in [6.45, 7) is 2.09. The Labute approximate surface area is 197 Å². The zero-order valence-corrected chi connectivity index (χ0v) is 18.7. The van der Waals surface area contributed by atoms with Gasteiger partial charge in [0.1, 0.15) is 6.04 Å². The number of ketones is 1. The van der Waals surface area contributed by atoms with E-state index in [9.17, 15) is 14.4 Å². The van der Waals surface area contributed by atoms with E-state index in [0.717, 1.165) is 22.3 Å². The lowest BCUT2D eigenvalue weighted by molar-refractivity contribution is -0.141. The van der Waals surface area contributed by atoms with E-state index in [4.69, 9.17) is 0 Å². The van der Waals surface area contributed by atoms with Crippen molar-refractivity contribution in [3.8, 4) is 11.1 Å². The number of hydrogen-bond acceptors (Lipinski definition) is 5. The van der Waals surface area contributed by atoms with Gasteiger partial charge in [-0.2, -0.15) is 5.10 Å². The summed E-state index contributed by atoms with van der Waals surface area (Å²) in [4.78, 5) is 41.8. The fourth-order valence-corrected chi connectivity index (χ4v) is 5.67. The van der Waals surface area contributed by atoms with Crippen molar-refractivity contribution >= 4 is 23.8 Å². The van der Waals surface area contributed by atoms with Crippen LogP contribution in [-0.4, -0.2) is 46.3 Å². The molecule has 0 aromatic heterocycles. The maximum absolute atomic E-state index is 13.9. The number of imide groups is 1. The van der Waals surface area contributed by atoms with Gasteiger partial charge in [0.15, 0.2) is 5.78 Å². The Morgan fingerprint density at radius 2 is 1.47 bits per heavy atom. The molecule has 3 aliphatic rings. The van der Waals surface area contributed by atoms with Gasteiger partial charge in [0, 0.05) is 12.1 Å². The largest absolute Gasteiger partial charge is 0.292 e. The molecule has 0 aliphatic carbocycles. The van der Waals surface area contributed by atoms with E-state index in [1.807, 2.05) is 66.7 Å². The highest BCUT2D eigenvalue weighted by Crippen LogP contribution is 2.52. The van der Waals surface area contributed by atoms with Gasteiger partial charge >= 0.3 is 0 Å². The maximum atomic E-state index is 13.9. The molecule has 6 heteroatoms. The van der Waals surface area contributed by atoms with E-state index in [-0.39, 0.29) is 17.6 Å². The highest BCUT2D eigenvalue weighted by Gasteiger charge is 2.64. The lowest BCUT2D eigenvalue weighted by Gasteiger charge is -2.33. The van der Waals surface area contributed by atoms with Crippen molar-refractivity contribution in [2.75, 3.05) is 6.54 Å². The molecule has 0 N–H and O–H groups in total. The SMILES string of the molecule is CCN1C(=O)[C@@H]2[C@H](C1=O)[C@@H]1c3ccccc3C=NN1[C@H]2C(=O)c1ccc(-c2ccccc2)cc1. The molecule has 3 heterocycles. The van der Waals surface area contributed by atoms with Crippen LogP contribution in [0.25, 0.3) is 11.1 Å². The standard InChI is InChI=1S/C28H23N3O3/c1-2-30-27(33)22-23(28(30)34)25(31-24(22)21-11-7-6-10-20(21)16-29-31)26(32)19-14-12-18(13-15-19)17-8-4-3-5-9-17/h3-16,22-25H,2H2,1H3/t22-,23+,24-,25+/m0/s1. The predicted octanol–water partition coefficient (Wildman–Crippen LogP) is 3.93. The van der Waals surface area contributed by atoms with Crippen LogP contribution in [-0.2, 0) is 9.59 Å². The fourth-order valence-electron chi connectivity index (χ4n) is 5.67. The third kappa shape index (κ3) is 2.88. The first-order chi connectivity index (χ1) is 16.6. The second-order valence-corrected chi connectivity index (χ2v) is 8.92. The second kappa shape index (κ2) is 7.76. The van der Waals surface area contributed by atoms with Crippen molar-refractivity contribution < 1.29 is 14.4 Å². The van der Waals surface area contributed by atoms with Gasteiger partial charge in [0.25, 0.3) is 0 Å². The van der Waals surface area contributed by atoms with E-state index < -0.39 is 23.9 Å². The summed E-state index contributed by atoms with van der Waals surface area (Å²) in [6.07, 6.45) is 1.72. The molecule has 0 radical (unpaired) electrons. The Morgan fingerprint density at radius 3 is 2.21 bits per heavy atom. The van der Waals surface area contributed by atoms with Crippen LogP contribution < -0.4 is 0 Å². The molecule has 0 saturated carbocycles. The highest BCUT2D eigenvalue weighted by atomic mass is 16.2. The zero-order valence-electron chi connectivity index (χ0n) is 18.7. The summed E-state index contributed by atoms with van der Waals surface area (Å²) in [6, 6.07) is 23.9. The van der Waals surface area contributed by atoms with Crippen molar-refractivity contribution in [3.05, 3.63) is 95.6 Å². The van der Waals surface area contributed by atoms with Gasteiger partial charge in [0.2, 0.25) is 11.8 Å². The predicted molar refractivity (Wildman–Crippen MR) is 128 cm³/mol. The zero-order chi connectivity index (χ0) is 23.4. The van der Waals surface area contributed by atoms with Gasteiger partial charge in [-0.05, 0) is 29.2 Å². The molecule has 3 aromatic rings. The smallest absolute Gasteiger partial charge is 0.235 e. The van der Waals surface area contributed by atoms with Gasteiger partial charge in [-0.3, -0.25) is 24.3 Å². The quantitative estimate of drug-likeness (QED) is 0.447. The minimum atomic E-state index is -0.824. The molecule has 0 spiro atoms. The van der Waals surface area contributed by atoms with Crippen molar-refractivity contribution in [2.45, 2.75) is 19.0 Å². The summed E-state index contributed by atoms with van der Waals surface area (Å²) in [5.74, 6) is -2.05. The molecule has 4 atom stereocenters. The second-order valence-electron chi connectivity index (χ2n) is 8.92. The topological polar surface area (TPSA) is 70.1 Å². The Hall–Kier alpha value is -4.06. The van der Waals surface area contributed by atoms with Crippen LogP contribution in [0.3, 0.4) is 0 Å². The number of carbonyl (C=O) groups is 3. The molecular weight excluding hydrogens is 426 g/mol. The number of hydrogen-bond donors (Lipinski definition) is 0. The number of amides is 2. The van der Waals surface area contributed by atoms with E-state index in [1.54, 1.807) is 30.3 Å². The molecule has 2 amide bonds. The highest BCUT2D eigenvalue weighted by molar-refractivity contribution is 6.12. The van der Waals surface area contributed by atoms with Crippen molar-refractivity contribution in [2.24, 2.45) is 16.9 Å². The summed E-state index contributed by atoms with van der Waals surface area (Å²) >= 11 is 0. The molecule has 0 bridgehead atoms. The molecule has 168 valence electrons. The molecule has 3 aromatic carbocycles. The Morgan fingerprint density at radius 1 is 0.824 bits per heavy atom. The van der Waals surface area contributed by atoms with Crippen molar-refractivity contribution in [1.82, 2.24) is 9.91 Å². The average molecular weight is 450 g/mol. The van der Waals surface area contributed by atoms with Crippen LogP contribution in [0.5, 0.6) is 0 Å². The molecule has 6 nitrogen and oxygen atoms in total. The van der Waals surface area contributed by atoms with Gasteiger partial charge in [0.05, 0.1) is 24.1 Å². The maximum Gasteiger partial charge on any atom is 0.235 e. The Bertz CT molecular complexity index is 1330. The normalized spacial score (nSPS) is 24.7. The lowest BCUT2D eigenvalue weighted by Crippen LogP contribution is -2.44. The van der Waals surface area contributed by atoms with E-state index in [1.165, 1.54) is 4.90 Å². The van der Waals surface area contributed by atoms with Crippen molar-refractivity contribution in [1.29, 1.82) is 0 Å². The third-order valence-electron chi connectivity index (χ3n) is 7.25. The molecule has 34 heavy (non-hydrogen) atoms. The number of hydrazone groups is 1. The Balaban J connectivity index is 1.41. The third-order valence-corrected chi connectivity index (χ3v) is 7.25. The number of benzene rings is 3. The minimum Gasteiger partial charge on any atom is -0.292 e. The van der Waals surface area contributed by atoms with E-state index in [0.29, 0.717) is 12.1 Å². The Kier molecular flexibility index (Phi) is 4.69. The number of carbonyl (C=O) groups excluding carboxylic acids is 3. The molecule has 3 aliphatic heterocycles. The first-order valence-electron chi connectivity index (χ1n) is 11.6. The van der Waals surface area contributed by atoms with Gasteiger partial charge in [-0.15, -0.1) is 0 Å². The van der Waals surface area contributed by atoms with Crippen LogP contribution in [0, 0.1) is 11.8 Å². The number of likely N-dealkylation sites (tertiary alicyclic amines) is 1. The summed E-state index contributed by atoms with van der Waals surface area (Å²) in [5.41, 5.74) is 4.43. The first-order valence-corrected chi connectivity index (χ1v) is 11.6.